The third-order valence-corrected chi connectivity index (χ3v) is 4.10. The Morgan fingerprint density at radius 2 is 1.96 bits per heavy atom. The summed E-state index contributed by atoms with van der Waals surface area (Å²) in [5.74, 6) is -1.29. The third kappa shape index (κ3) is 5.36. The minimum atomic E-state index is -1.04. The van der Waals surface area contributed by atoms with Gasteiger partial charge in [0.2, 0.25) is 5.91 Å². The molecular weight excluding hydrogens is 294 g/mol. The maximum atomic E-state index is 12.1. The highest BCUT2D eigenvalue weighted by molar-refractivity contribution is 5.84. The Morgan fingerprint density at radius 1 is 1.26 bits per heavy atom. The van der Waals surface area contributed by atoms with E-state index in [9.17, 15) is 14.7 Å². The molecule has 0 radical (unpaired) electrons. The number of ether oxygens (including phenoxy) is 1. The number of aryl methyl sites for hydroxylation is 2. The standard InChI is InChI=1S/C18H25NO4/c1-12-9-13(2)11-14(10-12)17(18(21)22)19-16(20)7-6-15-5-3-4-8-23-15/h9-11,15,17H,3-8H2,1-2H3,(H,19,20)(H,21,22). The first-order chi connectivity index (χ1) is 11.0. The number of carboxylic acids is 1. The van der Waals surface area contributed by atoms with Crippen LogP contribution < -0.4 is 5.32 Å². The second kappa shape index (κ2) is 8.11. The summed E-state index contributed by atoms with van der Waals surface area (Å²) in [5.41, 5.74) is 2.57. The Bertz CT molecular complexity index is 544. The summed E-state index contributed by atoms with van der Waals surface area (Å²) in [7, 11) is 0. The van der Waals surface area contributed by atoms with Gasteiger partial charge in [-0.05, 0) is 45.1 Å². The van der Waals surface area contributed by atoms with Gasteiger partial charge in [0.25, 0.3) is 0 Å². The van der Waals surface area contributed by atoms with Gasteiger partial charge in [-0.3, -0.25) is 4.79 Å². The largest absolute Gasteiger partial charge is 0.479 e. The van der Waals surface area contributed by atoms with Crippen molar-refractivity contribution >= 4 is 11.9 Å². The summed E-state index contributed by atoms with van der Waals surface area (Å²) in [6.45, 7) is 4.59. The average Bonchev–Trinajstić information content (AvgIpc) is 2.50. The fourth-order valence-electron chi connectivity index (χ4n) is 3.02. The quantitative estimate of drug-likeness (QED) is 0.845. The maximum Gasteiger partial charge on any atom is 0.330 e. The van der Waals surface area contributed by atoms with Gasteiger partial charge in [-0.25, -0.2) is 4.79 Å². The lowest BCUT2D eigenvalue weighted by atomic mass is 10.0. The van der Waals surface area contributed by atoms with Crippen LogP contribution in [0.3, 0.4) is 0 Å². The van der Waals surface area contributed by atoms with Crippen LogP contribution in [0.2, 0.25) is 0 Å². The van der Waals surface area contributed by atoms with E-state index in [4.69, 9.17) is 4.74 Å². The molecule has 1 saturated heterocycles. The zero-order chi connectivity index (χ0) is 16.8. The van der Waals surface area contributed by atoms with Crippen LogP contribution in [0.15, 0.2) is 18.2 Å². The average molecular weight is 319 g/mol. The molecule has 0 aromatic heterocycles. The number of hydrogen-bond acceptors (Lipinski definition) is 3. The van der Waals surface area contributed by atoms with E-state index in [0.717, 1.165) is 37.0 Å². The Morgan fingerprint density at radius 3 is 2.52 bits per heavy atom. The van der Waals surface area contributed by atoms with Crippen molar-refractivity contribution in [3.8, 4) is 0 Å². The van der Waals surface area contributed by atoms with E-state index in [2.05, 4.69) is 5.32 Å². The Kier molecular flexibility index (Phi) is 6.16. The number of carbonyl (C=O) groups excluding carboxylic acids is 1. The molecule has 1 heterocycles. The molecule has 1 aromatic carbocycles. The van der Waals surface area contributed by atoms with Crippen LogP contribution in [0.5, 0.6) is 0 Å². The van der Waals surface area contributed by atoms with Crippen molar-refractivity contribution in [2.24, 2.45) is 0 Å². The molecule has 0 saturated carbocycles. The van der Waals surface area contributed by atoms with Gasteiger partial charge in [-0.2, -0.15) is 0 Å². The van der Waals surface area contributed by atoms with Gasteiger partial charge in [-0.1, -0.05) is 29.3 Å². The predicted molar refractivity (Wildman–Crippen MR) is 87.3 cm³/mol. The number of rotatable bonds is 6. The fourth-order valence-corrected chi connectivity index (χ4v) is 3.02. The number of carbonyl (C=O) groups is 2. The molecule has 1 fully saturated rings. The Labute approximate surface area is 137 Å². The van der Waals surface area contributed by atoms with Gasteiger partial charge in [0, 0.05) is 13.0 Å². The van der Waals surface area contributed by atoms with Crippen molar-refractivity contribution < 1.29 is 19.4 Å². The number of benzene rings is 1. The number of hydrogen-bond donors (Lipinski definition) is 2. The number of carboxylic acid groups (broad SMARTS) is 1. The first-order valence-electron chi connectivity index (χ1n) is 8.17. The van der Waals surface area contributed by atoms with Crippen LogP contribution in [0.4, 0.5) is 0 Å². The van der Waals surface area contributed by atoms with Crippen molar-refractivity contribution in [1.82, 2.24) is 5.32 Å². The molecule has 2 atom stereocenters. The topological polar surface area (TPSA) is 75.6 Å². The van der Waals surface area contributed by atoms with Gasteiger partial charge >= 0.3 is 5.97 Å². The van der Waals surface area contributed by atoms with Crippen LogP contribution in [-0.4, -0.2) is 29.7 Å². The summed E-state index contributed by atoms with van der Waals surface area (Å²) < 4.78 is 5.60. The van der Waals surface area contributed by atoms with Crippen molar-refractivity contribution in [1.29, 1.82) is 0 Å². The molecule has 5 heteroatoms. The van der Waals surface area contributed by atoms with Gasteiger partial charge in [0.15, 0.2) is 6.04 Å². The van der Waals surface area contributed by atoms with Crippen LogP contribution >= 0.6 is 0 Å². The first kappa shape index (κ1) is 17.5. The summed E-state index contributed by atoms with van der Waals surface area (Å²) in [4.78, 5) is 23.6. The molecular formula is C18H25NO4. The van der Waals surface area contributed by atoms with Crippen LogP contribution in [0.25, 0.3) is 0 Å². The summed E-state index contributed by atoms with van der Waals surface area (Å²) in [6.07, 6.45) is 4.25. The van der Waals surface area contributed by atoms with E-state index in [-0.39, 0.29) is 12.0 Å². The van der Waals surface area contributed by atoms with E-state index in [1.165, 1.54) is 0 Å². The van der Waals surface area contributed by atoms with Gasteiger partial charge in [-0.15, -0.1) is 0 Å². The molecule has 2 rings (SSSR count). The highest BCUT2D eigenvalue weighted by Gasteiger charge is 2.23. The van der Waals surface area contributed by atoms with Crippen molar-refractivity contribution in [2.45, 2.75) is 58.1 Å². The highest BCUT2D eigenvalue weighted by Crippen LogP contribution is 2.19. The van der Waals surface area contributed by atoms with E-state index in [1.54, 1.807) is 12.1 Å². The summed E-state index contributed by atoms with van der Waals surface area (Å²) in [5, 5.41) is 12.1. The van der Waals surface area contributed by atoms with Gasteiger partial charge < -0.3 is 15.2 Å². The zero-order valence-electron chi connectivity index (χ0n) is 13.8. The SMILES string of the molecule is Cc1cc(C)cc(C(NC(=O)CCC2CCCCO2)C(=O)O)c1. The second-order valence-electron chi connectivity index (χ2n) is 6.29. The lowest BCUT2D eigenvalue weighted by molar-refractivity contribution is -0.142. The van der Waals surface area contributed by atoms with Crippen molar-refractivity contribution in [3.05, 3.63) is 34.9 Å². The van der Waals surface area contributed by atoms with E-state index < -0.39 is 12.0 Å². The fraction of sp³-hybridized carbons (Fsp3) is 0.556. The molecule has 1 aliphatic rings. The van der Waals surface area contributed by atoms with E-state index in [1.807, 2.05) is 19.9 Å². The van der Waals surface area contributed by atoms with Crippen LogP contribution in [0.1, 0.15) is 54.8 Å². The first-order valence-corrected chi connectivity index (χ1v) is 8.17. The molecule has 126 valence electrons. The van der Waals surface area contributed by atoms with Gasteiger partial charge in [0.1, 0.15) is 0 Å². The summed E-state index contributed by atoms with van der Waals surface area (Å²) in [6, 6.07) is 4.57. The molecule has 0 spiro atoms. The molecule has 0 aliphatic carbocycles. The molecule has 5 nitrogen and oxygen atoms in total. The second-order valence-corrected chi connectivity index (χ2v) is 6.29. The Balaban J connectivity index is 1.95. The van der Waals surface area contributed by atoms with E-state index in [0.29, 0.717) is 18.4 Å². The monoisotopic (exact) mass is 319 g/mol. The van der Waals surface area contributed by atoms with Crippen LogP contribution in [-0.2, 0) is 14.3 Å². The minimum absolute atomic E-state index is 0.124. The molecule has 2 N–H and O–H groups in total. The predicted octanol–water partition coefficient (Wildman–Crippen LogP) is 2.89. The third-order valence-electron chi connectivity index (χ3n) is 4.10. The molecule has 1 aliphatic heterocycles. The lowest BCUT2D eigenvalue weighted by Crippen LogP contribution is -2.34. The van der Waals surface area contributed by atoms with Crippen molar-refractivity contribution in [2.75, 3.05) is 6.61 Å². The number of nitrogens with one attached hydrogen (secondary N) is 1. The highest BCUT2D eigenvalue weighted by atomic mass is 16.5. The normalized spacial score (nSPS) is 19.1. The van der Waals surface area contributed by atoms with Crippen LogP contribution in [0, 0.1) is 13.8 Å². The minimum Gasteiger partial charge on any atom is -0.479 e. The molecule has 23 heavy (non-hydrogen) atoms. The molecule has 2 unspecified atom stereocenters. The number of aliphatic carboxylic acids is 1. The maximum absolute atomic E-state index is 12.1. The van der Waals surface area contributed by atoms with Gasteiger partial charge in [0.05, 0.1) is 6.10 Å². The Hall–Kier alpha value is -1.88. The van der Waals surface area contributed by atoms with Crippen molar-refractivity contribution in [3.63, 3.8) is 0 Å². The lowest BCUT2D eigenvalue weighted by Gasteiger charge is -2.22. The summed E-state index contributed by atoms with van der Waals surface area (Å²) >= 11 is 0. The number of amides is 1. The molecule has 1 aromatic rings. The molecule has 1 amide bonds. The smallest absolute Gasteiger partial charge is 0.330 e. The zero-order valence-corrected chi connectivity index (χ0v) is 13.8. The molecule has 0 bridgehead atoms. The van der Waals surface area contributed by atoms with E-state index >= 15 is 0 Å².